The van der Waals surface area contributed by atoms with Gasteiger partial charge in [0.05, 0.1) is 0 Å². The minimum Gasteiger partial charge on any atom is -0.354 e. The SMILES string of the molecule is CN(C(=O)N[C@H]1CCCCNC1=O)C(C1CC1)C1CC1. The van der Waals surface area contributed by atoms with Gasteiger partial charge in [0.15, 0.2) is 0 Å². The smallest absolute Gasteiger partial charge is 0.318 e. The number of nitrogens with zero attached hydrogens (tertiary/aromatic N) is 1. The van der Waals surface area contributed by atoms with Gasteiger partial charge in [0.2, 0.25) is 5.91 Å². The second-order valence-electron chi connectivity index (χ2n) is 6.57. The molecule has 0 unspecified atom stereocenters. The van der Waals surface area contributed by atoms with E-state index in [0.717, 1.165) is 25.8 Å². The van der Waals surface area contributed by atoms with Gasteiger partial charge in [-0.25, -0.2) is 4.79 Å². The molecule has 3 aliphatic rings. The standard InChI is InChI=1S/C15H25N3O2/c1-18(13(10-5-6-10)11-7-8-11)15(20)17-12-4-2-3-9-16-14(12)19/h10-13H,2-9H2,1H3,(H,16,19)(H,17,20)/t12-/m0/s1. The molecule has 2 N–H and O–H groups in total. The van der Waals surface area contributed by atoms with Crippen molar-refractivity contribution in [3.05, 3.63) is 0 Å². The van der Waals surface area contributed by atoms with Crippen LogP contribution in [0, 0.1) is 11.8 Å². The Kier molecular flexibility index (Phi) is 3.85. The zero-order valence-electron chi connectivity index (χ0n) is 12.2. The van der Waals surface area contributed by atoms with Crippen LogP contribution < -0.4 is 10.6 Å². The van der Waals surface area contributed by atoms with E-state index in [0.29, 0.717) is 17.9 Å². The Labute approximate surface area is 120 Å². The van der Waals surface area contributed by atoms with E-state index in [1.807, 2.05) is 11.9 Å². The van der Waals surface area contributed by atoms with Crippen LogP contribution in [0.4, 0.5) is 4.79 Å². The zero-order valence-corrected chi connectivity index (χ0v) is 12.2. The molecule has 112 valence electrons. The van der Waals surface area contributed by atoms with Crippen LogP contribution >= 0.6 is 0 Å². The van der Waals surface area contributed by atoms with E-state index in [1.165, 1.54) is 25.7 Å². The van der Waals surface area contributed by atoms with Gasteiger partial charge in [0.1, 0.15) is 6.04 Å². The molecule has 3 fully saturated rings. The van der Waals surface area contributed by atoms with E-state index in [4.69, 9.17) is 0 Å². The van der Waals surface area contributed by atoms with Crippen LogP contribution in [0.1, 0.15) is 44.9 Å². The second kappa shape index (κ2) is 5.62. The minimum absolute atomic E-state index is 0.0290. The normalized spacial score (nSPS) is 26.9. The Morgan fingerprint density at radius 2 is 1.85 bits per heavy atom. The van der Waals surface area contributed by atoms with Crippen molar-refractivity contribution in [3.63, 3.8) is 0 Å². The largest absolute Gasteiger partial charge is 0.354 e. The van der Waals surface area contributed by atoms with E-state index in [1.54, 1.807) is 0 Å². The first-order valence-electron chi connectivity index (χ1n) is 7.98. The van der Waals surface area contributed by atoms with Crippen molar-refractivity contribution in [2.45, 2.75) is 57.0 Å². The number of nitrogens with one attached hydrogen (secondary N) is 2. The molecule has 0 aromatic heterocycles. The summed E-state index contributed by atoms with van der Waals surface area (Å²) in [5.74, 6) is 1.36. The fourth-order valence-electron chi connectivity index (χ4n) is 3.36. The Hall–Kier alpha value is -1.26. The van der Waals surface area contributed by atoms with Crippen LogP contribution in [0.2, 0.25) is 0 Å². The number of amides is 3. The third-order valence-electron chi connectivity index (χ3n) is 4.81. The fourth-order valence-corrected chi connectivity index (χ4v) is 3.36. The summed E-state index contributed by atoms with van der Waals surface area (Å²) in [6.07, 6.45) is 7.75. The summed E-state index contributed by atoms with van der Waals surface area (Å²) in [6.45, 7) is 0.730. The first-order valence-corrected chi connectivity index (χ1v) is 7.98. The second-order valence-corrected chi connectivity index (χ2v) is 6.57. The molecule has 0 bridgehead atoms. The van der Waals surface area contributed by atoms with Crippen LogP contribution in [0.5, 0.6) is 0 Å². The Morgan fingerprint density at radius 3 is 2.45 bits per heavy atom. The Balaban J connectivity index is 1.58. The van der Waals surface area contributed by atoms with Crippen LogP contribution in [-0.2, 0) is 4.79 Å². The van der Waals surface area contributed by atoms with Crippen molar-refractivity contribution >= 4 is 11.9 Å². The molecule has 3 rings (SSSR count). The molecule has 0 aromatic rings. The van der Waals surface area contributed by atoms with Gasteiger partial charge < -0.3 is 15.5 Å². The summed E-state index contributed by atoms with van der Waals surface area (Å²) in [5.41, 5.74) is 0. The van der Waals surface area contributed by atoms with Crippen LogP contribution in [-0.4, -0.2) is 42.5 Å². The molecule has 5 heteroatoms. The van der Waals surface area contributed by atoms with E-state index in [9.17, 15) is 9.59 Å². The van der Waals surface area contributed by atoms with Gasteiger partial charge in [-0.15, -0.1) is 0 Å². The number of urea groups is 1. The van der Waals surface area contributed by atoms with Crippen molar-refractivity contribution < 1.29 is 9.59 Å². The average molecular weight is 279 g/mol. The maximum Gasteiger partial charge on any atom is 0.318 e. The van der Waals surface area contributed by atoms with Gasteiger partial charge in [-0.1, -0.05) is 0 Å². The molecule has 20 heavy (non-hydrogen) atoms. The van der Waals surface area contributed by atoms with E-state index in [-0.39, 0.29) is 18.0 Å². The van der Waals surface area contributed by atoms with E-state index < -0.39 is 0 Å². The quantitative estimate of drug-likeness (QED) is 0.819. The lowest BCUT2D eigenvalue weighted by Gasteiger charge is -2.30. The highest BCUT2D eigenvalue weighted by atomic mass is 16.2. The molecule has 2 aliphatic carbocycles. The molecule has 5 nitrogen and oxygen atoms in total. The van der Waals surface area contributed by atoms with Crippen molar-refractivity contribution in [2.24, 2.45) is 11.8 Å². The van der Waals surface area contributed by atoms with Gasteiger partial charge in [-0.05, 0) is 56.8 Å². The van der Waals surface area contributed by atoms with Gasteiger partial charge in [-0.3, -0.25) is 4.79 Å². The molecule has 0 spiro atoms. The topological polar surface area (TPSA) is 61.4 Å². The van der Waals surface area contributed by atoms with Gasteiger partial charge in [0, 0.05) is 19.6 Å². The Bertz CT molecular complexity index is 379. The summed E-state index contributed by atoms with van der Waals surface area (Å²) in [4.78, 5) is 26.2. The first kappa shape index (κ1) is 13.7. The predicted octanol–water partition coefficient (Wildman–Crippen LogP) is 1.49. The minimum atomic E-state index is -0.355. The molecule has 0 radical (unpaired) electrons. The van der Waals surface area contributed by atoms with Gasteiger partial charge in [-0.2, -0.15) is 0 Å². The van der Waals surface area contributed by atoms with Crippen molar-refractivity contribution in [1.29, 1.82) is 0 Å². The number of rotatable bonds is 4. The number of hydrogen-bond donors (Lipinski definition) is 2. The van der Waals surface area contributed by atoms with Gasteiger partial charge >= 0.3 is 6.03 Å². The molecular formula is C15H25N3O2. The fraction of sp³-hybridized carbons (Fsp3) is 0.867. The monoisotopic (exact) mass is 279 g/mol. The lowest BCUT2D eigenvalue weighted by Crippen LogP contribution is -2.52. The number of carbonyl (C=O) groups is 2. The van der Waals surface area contributed by atoms with Gasteiger partial charge in [0.25, 0.3) is 0 Å². The highest BCUT2D eigenvalue weighted by Gasteiger charge is 2.45. The van der Waals surface area contributed by atoms with Crippen LogP contribution in [0.25, 0.3) is 0 Å². The summed E-state index contributed by atoms with van der Waals surface area (Å²) in [5, 5.41) is 5.80. The van der Waals surface area contributed by atoms with Crippen molar-refractivity contribution in [2.75, 3.05) is 13.6 Å². The lowest BCUT2D eigenvalue weighted by molar-refractivity contribution is -0.122. The molecule has 2 saturated carbocycles. The number of hydrogen-bond acceptors (Lipinski definition) is 2. The molecule has 3 amide bonds. The van der Waals surface area contributed by atoms with Crippen LogP contribution in [0.15, 0.2) is 0 Å². The summed E-state index contributed by atoms with van der Waals surface area (Å²) in [6, 6.07) is -0.0359. The van der Waals surface area contributed by atoms with E-state index in [2.05, 4.69) is 10.6 Å². The molecule has 1 atom stereocenters. The van der Waals surface area contributed by atoms with Crippen LogP contribution in [0.3, 0.4) is 0 Å². The number of carbonyl (C=O) groups excluding carboxylic acids is 2. The third-order valence-corrected chi connectivity index (χ3v) is 4.81. The Morgan fingerprint density at radius 1 is 1.20 bits per heavy atom. The maximum atomic E-state index is 12.4. The molecular weight excluding hydrogens is 254 g/mol. The van der Waals surface area contributed by atoms with Crippen molar-refractivity contribution in [1.82, 2.24) is 15.5 Å². The zero-order chi connectivity index (χ0) is 14.1. The lowest BCUT2D eigenvalue weighted by atomic mass is 10.1. The summed E-state index contributed by atoms with van der Waals surface area (Å²) < 4.78 is 0. The van der Waals surface area contributed by atoms with Crippen molar-refractivity contribution in [3.8, 4) is 0 Å². The molecule has 0 aromatic carbocycles. The highest BCUT2D eigenvalue weighted by molar-refractivity contribution is 5.87. The molecule has 1 aliphatic heterocycles. The first-order chi connectivity index (χ1) is 9.66. The maximum absolute atomic E-state index is 12.4. The average Bonchev–Trinajstić information content (AvgIpc) is 3.27. The third kappa shape index (κ3) is 3.07. The predicted molar refractivity (Wildman–Crippen MR) is 76.2 cm³/mol. The highest BCUT2D eigenvalue weighted by Crippen LogP contribution is 2.46. The van der Waals surface area contributed by atoms with E-state index >= 15 is 0 Å². The summed E-state index contributed by atoms with van der Waals surface area (Å²) in [7, 11) is 1.89. The molecule has 1 heterocycles. The summed E-state index contributed by atoms with van der Waals surface area (Å²) >= 11 is 0. The molecule has 1 saturated heterocycles.